The Morgan fingerprint density at radius 1 is 0.971 bits per heavy atom. The van der Waals surface area contributed by atoms with Crippen molar-refractivity contribution in [3.8, 4) is 11.5 Å². The molecule has 0 saturated heterocycles. The zero-order chi connectivity index (χ0) is 23.3. The standard InChI is InChI=1S/C27H28N2O4S/c30-26(28-21-10-5-2-6-11-21)25(20-8-3-1-4-9-20)29(27(31)24-12-7-15-34-24)17-19-13-14-22-23(16-19)33-18-32-22/h1,3-4,7-9,12-16,21,25H,2,5-6,10-11,17-18H2,(H,28,30)/t25-/m1/s1. The minimum atomic E-state index is -0.747. The highest BCUT2D eigenvalue weighted by Gasteiger charge is 2.34. The molecule has 1 aromatic heterocycles. The number of fused-ring (bicyclic) bond motifs is 1. The number of nitrogens with one attached hydrogen (secondary N) is 1. The minimum absolute atomic E-state index is 0.135. The van der Waals surface area contributed by atoms with Crippen molar-refractivity contribution < 1.29 is 19.1 Å². The van der Waals surface area contributed by atoms with E-state index in [0.29, 0.717) is 16.4 Å². The van der Waals surface area contributed by atoms with E-state index in [9.17, 15) is 9.59 Å². The summed E-state index contributed by atoms with van der Waals surface area (Å²) in [6.45, 7) is 0.456. The maximum atomic E-state index is 13.8. The Hall–Kier alpha value is -3.32. The number of benzene rings is 2. The highest BCUT2D eigenvalue weighted by atomic mass is 32.1. The van der Waals surface area contributed by atoms with Crippen LogP contribution in [0.25, 0.3) is 0 Å². The van der Waals surface area contributed by atoms with Crippen molar-refractivity contribution in [2.45, 2.75) is 50.7 Å². The molecule has 1 saturated carbocycles. The second-order valence-electron chi connectivity index (χ2n) is 8.75. The van der Waals surface area contributed by atoms with Crippen LogP contribution in [-0.2, 0) is 11.3 Å². The molecule has 2 heterocycles. The monoisotopic (exact) mass is 476 g/mol. The Balaban J connectivity index is 1.50. The molecule has 1 aliphatic heterocycles. The third kappa shape index (κ3) is 4.94. The van der Waals surface area contributed by atoms with Gasteiger partial charge in [-0.05, 0) is 47.5 Å². The summed E-state index contributed by atoms with van der Waals surface area (Å²) in [5.74, 6) is 1.04. The largest absolute Gasteiger partial charge is 0.454 e. The van der Waals surface area contributed by atoms with Crippen LogP contribution in [0.15, 0.2) is 66.0 Å². The summed E-state index contributed by atoms with van der Waals surface area (Å²) >= 11 is 1.38. The normalized spacial score (nSPS) is 16.1. The summed E-state index contributed by atoms with van der Waals surface area (Å²) in [7, 11) is 0. The molecule has 7 heteroatoms. The molecule has 176 valence electrons. The van der Waals surface area contributed by atoms with E-state index in [4.69, 9.17) is 9.47 Å². The molecule has 0 unspecified atom stereocenters. The summed E-state index contributed by atoms with van der Waals surface area (Å²) in [5.41, 5.74) is 1.67. The molecular formula is C27H28N2O4S. The fourth-order valence-electron chi connectivity index (χ4n) is 4.69. The Morgan fingerprint density at radius 2 is 1.76 bits per heavy atom. The zero-order valence-corrected chi connectivity index (χ0v) is 19.8. The first kappa shape index (κ1) is 22.5. The van der Waals surface area contributed by atoms with Crippen molar-refractivity contribution >= 4 is 23.2 Å². The lowest BCUT2D eigenvalue weighted by atomic mass is 9.94. The maximum Gasteiger partial charge on any atom is 0.265 e. The van der Waals surface area contributed by atoms with E-state index in [1.807, 2.05) is 60.0 Å². The summed E-state index contributed by atoms with van der Waals surface area (Å²) in [5, 5.41) is 5.13. The molecule has 2 amide bonds. The van der Waals surface area contributed by atoms with Crippen LogP contribution in [0.5, 0.6) is 11.5 Å². The van der Waals surface area contributed by atoms with Gasteiger partial charge in [-0.15, -0.1) is 11.3 Å². The number of rotatable bonds is 7. The van der Waals surface area contributed by atoms with Gasteiger partial charge in [0.2, 0.25) is 12.7 Å². The lowest BCUT2D eigenvalue weighted by Crippen LogP contribution is -2.46. The second-order valence-corrected chi connectivity index (χ2v) is 9.70. The zero-order valence-electron chi connectivity index (χ0n) is 18.9. The van der Waals surface area contributed by atoms with E-state index in [2.05, 4.69) is 5.32 Å². The van der Waals surface area contributed by atoms with Crippen LogP contribution < -0.4 is 14.8 Å². The fraction of sp³-hybridized carbons (Fsp3) is 0.333. The van der Waals surface area contributed by atoms with Crippen LogP contribution >= 0.6 is 11.3 Å². The molecule has 0 spiro atoms. The molecular weight excluding hydrogens is 448 g/mol. The van der Waals surface area contributed by atoms with E-state index in [0.717, 1.165) is 36.8 Å². The van der Waals surface area contributed by atoms with Gasteiger partial charge >= 0.3 is 0 Å². The first-order valence-electron chi connectivity index (χ1n) is 11.8. The van der Waals surface area contributed by atoms with Crippen molar-refractivity contribution in [2.24, 2.45) is 0 Å². The Morgan fingerprint density at radius 3 is 2.53 bits per heavy atom. The third-order valence-corrected chi connectivity index (χ3v) is 7.27. The average Bonchev–Trinajstić information content (AvgIpc) is 3.57. The van der Waals surface area contributed by atoms with Gasteiger partial charge in [0.05, 0.1) is 4.88 Å². The summed E-state index contributed by atoms with van der Waals surface area (Å²) in [6, 6.07) is 18.3. The Bertz CT molecular complexity index is 1130. The van der Waals surface area contributed by atoms with Crippen LogP contribution in [0.1, 0.15) is 58.9 Å². The Labute approximate surface area is 203 Å². The summed E-state index contributed by atoms with van der Waals surface area (Å²) in [6.07, 6.45) is 5.41. The number of carbonyl (C=O) groups excluding carboxylic acids is 2. The van der Waals surface area contributed by atoms with E-state index >= 15 is 0 Å². The minimum Gasteiger partial charge on any atom is -0.454 e. The van der Waals surface area contributed by atoms with Crippen molar-refractivity contribution in [1.82, 2.24) is 10.2 Å². The van der Waals surface area contributed by atoms with Crippen molar-refractivity contribution in [3.63, 3.8) is 0 Å². The molecule has 2 aliphatic rings. The molecule has 0 bridgehead atoms. The lowest BCUT2D eigenvalue weighted by molar-refractivity contribution is -0.127. The van der Waals surface area contributed by atoms with Gasteiger partial charge in [-0.3, -0.25) is 9.59 Å². The van der Waals surface area contributed by atoms with Gasteiger partial charge < -0.3 is 19.7 Å². The van der Waals surface area contributed by atoms with E-state index < -0.39 is 6.04 Å². The van der Waals surface area contributed by atoms with Crippen LogP contribution in [-0.4, -0.2) is 29.5 Å². The molecule has 1 fully saturated rings. The average molecular weight is 477 g/mol. The third-order valence-electron chi connectivity index (χ3n) is 6.41. The first-order chi connectivity index (χ1) is 16.7. The number of carbonyl (C=O) groups is 2. The van der Waals surface area contributed by atoms with Gasteiger partial charge in [0.1, 0.15) is 6.04 Å². The van der Waals surface area contributed by atoms with Crippen LogP contribution in [0.4, 0.5) is 0 Å². The van der Waals surface area contributed by atoms with E-state index in [1.54, 1.807) is 11.0 Å². The van der Waals surface area contributed by atoms with E-state index in [1.165, 1.54) is 17.8 Å². The van der Waals surface area contributed by atoms with Crippen molar-refractivity contribution in [3.05, 3.63) is 82.0 Å². The van der Waals surface area contributed by atoms with Gasteiger partial charge in [0.15, 0.2) is 11.5 Å². The van der Waals surface area contributed by atoms with Crippen LogP contribution in [0.3, 0.4) is 0 Å². The molecule has 1 aliphatic carbocycles. The van der Waals surface area contributed by atoms with Gasteiger partial charge in [-0.2, -0.15) is 0 Å². The number of thiophene rings is 1. The summed E-state index contributed by atoms with van der Waals surface area (Å²) < 4.78 is 11.0. The smallest absolute Gasteiger partial charge is 0.265 e. The number of hydrogen-bond donors (Lipinski definition) is 1. The van der Waals surface area contributed by atoms with Crippen molar-refractivity contribution in [2.75, 3.05) is 6.79 Å². The van der Waals surface area contributed by atoms with Crippen LogP contribution in [0.2, 0.25) is 0 Å². The Kier molecular flexibility index (Phi) is 6.81. The number of amides is 2. The predicted octanol–water partition coefficient (Wildman–Crippen LogP) is 5.31. The predicted molar refractivity (Wildman–Crippen MR) is 131 cm³/mol. The molecule has 1 N–H and O–H groups in total. The molecule has 1 atom stereocenters. The van der Waals surface area contributed by atoms with Crippen molar-refractivity contribution in [1.29, 1.82) is 0 Å². The molecule has 0 radical (unpaired) electrons. The van der Waals surface area contributed by atoms with Gasteiger partial charge in [-0.1, -0.05) is 61.7 Å². The highest BCUT2D eigenvalue weighted by Crippen LogP contribution is 2.34. The van der Waals surface area contributed by atoms with E-state index in [-0.39, 0.29) is 31.2 Å². The fourth-order valence-corrected chi connectivity index (χ4v) is 5.37. The SMILES string of the molecule is O=C(NC1CCCCC1)[C@@H](c1ccccc1)N(Cc1ccc2c(c1)OCO2)C(=O)c1cccs1. The molecule has 2 aromatic carbocycles. The quantitative estimate of drug-likeness (QED) is 0.502. The van der Waals surface area contributed by atoms with Gasteiger partial charge in [-0.25, -0.2) is 0 Å². The highest BCUT2D eigenvalue weighted by molar-refractivity contribution is 7.12. The topological polar surface area (TPSA) is 67.9 Å². The molecule has 6 nitrogen and oxygen atoms in total. The maximum absolute atomic E-state index is 13.8. The van der Waals surface area contributed by atoms with Gasteiger partial charge in [0.25, 0.3) is 5.91 Å². The van der Waals surface area contributed by atoms with Crippen LogP contribution in [0, 0.1) is 0 Å². The summed E-state index contributed by atoms with van der Waals surface area (Å²) in [4.78, 5) is 29.8. The molecule has 34 heavy (non-hydrogen) atoms. The van der Waals surface area contributed by atoms with Gasteiger partial charge in [0, 0.05) is 12.6 Å². The second kappa shape index (κ2) is 10.3. The number of ether oxygens (including phenoxy) is 2. The first-order valence-corrected chi connectivity index (χ1v) is 12.7. The number of nitrogens with zero attached hydrogens (tertiary/aromatic N) is 1. The number of hydrogen-bond acceptors (Lipinski definition) is 5. The lowest BCUT2D eigenvalue weighted by Gasteiger charge is -2.33. The molecule has 3 aromatic rings. The molecule has 5 rings (SSSR count).